The van der Waals surface area contributed by atoms with Gasteiger partial charge in [0.25, 0.3) is 5.91 Å². The van der Waals surface area contributed by atoms with Crippen LogP contribution >= 0.6 is 11.3 Å². The predicted molar refractivity (Wildman–Crippen MR) is 89.8 cm³/mol. The van der Waals surface area contributed by atoms with E-state index >= 15 is 0 Å². The van der Waals surface area contributed by atoms with Crippen molar-refractivity contribution < 1.29 is 18.0 Å². The summed E-state index contributed by atoms with van der Waals surface area (Å²) >= 11 is 1.15. The van der Waals surface area contributed by atoms with Gasteiger partial charge in [-0.05, 0) is 43.7 Å². The van der Waals surface area contributed by atoms with Crippen molar-refractivity contribution in [2.75, 3.05) is 6.26 Å². The van der Waals surface area contributed by atoms with Gasteiger partial charge in [0.05, 0.1) is 20.7 Å². The van der Waals surface area contributed by atoms with E-state index in [1.165, 1.54) is 19.1 Å². The highest BCUT2D eigenvalue weighted by molar-refractivity contribution is 7.90. The first-order valence-corrected chi connectivity index (χ1v) is 9.61. The van der Waals surface area contributed by atoms with Crippen LogP contribution in [-0.4, -0.2) is 26.4 Å². The van der Waals surface area contributed by atoms with Crippen molar-refractivity contribution in [2.45, 2.75) is 24.8 Å². The SMILES string of the molecule is CC(=O)c1ccc(C(=O)NC(C)c2ccc(S(C)(=O)=O)cc2)s1. The van der Waals surface area contributed by atoms with Crippen molar-refractivity contribution in [3.8, 4) is 0 Å². The Balaban J connectivity index is 2.10. The molecule has 1 amide bonds. The monoisotopic (exact) mass is 351 g/mol. The molecule has 0 radical (unpaired) electrons. The number of hydrogen-bond acceptors (Lipinski definition) is 5. The minimum Gasteiger partial charge on any atom is -0.345 e. The molecule has 0 bridgehead atoms. The molecule has 1 aromatic heterocycles. The molecule has 2 aromatic rings. The molecule has 0 saturated heterocycles. The zero-order chi connectivity index (χ0) is 17.2. The number of ketones is 1. The van der Waals surface area contributed by atoms with E-state index in [9.17, 15) is 18.0 Å². The van der Waals surface area contributed by atoms with E-state index in [4.69, 9.17) is 0 Å². The molecule has 0 fully saturated rings. The third-order valence-electron chi connectivity index (χ3n) is 3.33. The third kappa shape index (κ3) is 4.27. The standard InChI is InChI=1S/C16H17NO4S2/c1-10(12-4-6-13(7-5-12)23(3,20)21)17-16(19)15-9-8-14(22-15)11(2)18/h4-10H,1-3H3,(H,17,19). The second-order valence-corrected chi connectivity index (χ2v) is 8.36. The molecular weight excluding hydrogens is 334 g/mol. The fraction of sp³-hybridized carbons (Fsp3) is 0.250. The average molecular weight is 351 g/mol. The molecule has 5 nitrogen and oxygen atoms in total. The maximum Gasteiger partial charge on any atom is 0.261 e. The molecule has 1 heterocycles. The lowest BCUT2D eigenvalue weighted by atomic mass is 10.1. The number of amides is 1. The van der Waals surface area contributed by atoms with Crippen LogP contribution in [0.5, 0.6) is 0 Å². The first-order chi connectivity index (χ1) is 10.7. The number of carbonyl (C=O) groups is 2. The number of nitrogens with one attached hydrogen (secondary N) is 1. The van der Waals surface area contributed by atoms with Crippen molar-refractivity contribution in [1.29, 1.82) is 0 Å². The highest BCUT2D eigenvalue weighted by atomic mass is 32.2. The fourth-order valence-corrected chi connectivity index (χ4v) is 3.44. The minimum absolute atomic E-state index is 0.0709. The number of sulfone groups is 1. The number of Topliss-reactive ketones (excluding diaryl/α,β-unsaturated/α-hetero) is 1. The van der Waals surface area contributed by atoms with Gasteiger partial charge in [-0.1, -0.05) is 12.1 Å². The molecule has 1 atom stereocenters. The molecule has 23 heavy (non-hydrogen) atoms. The van der Waals surface area contributed by atoms with Gasteiger partial charge in [-0.2, -0.15) is 0 Å². The van der Waals surface area contributed by atoms with Crippen LogP contribution in [0.4, 0.5) is 0 Å². The summed E-state index contributed by atoms with van der Waals surface area (Å²) in [7, 11) is -3.23. The summed E-state index contributed by atoms with van der Waals surface area (Å²) in [5.74, 6) is -0.333. The Morgan fingerprint density at radius 1 is 1.04 bits per heavy atom. The van der Waals surface area contributed by atoms with Gasteiger partial charge in [0, 0.05) is 6.26 Å². The van der Waals surface area contributed by atoms with E-state index in [1.807, 2.05) is 6.92 Å². The molecule has 0 saturated carbocycles. The zero-order valence-electron chi connectivity index (χ0n) is 13.0. The fourth-order valence-electron chi connectivity index (χ4n) is 2.00. The van der Waals surface area contributed by atoms with Gasteiger partial charge in [0.15, 0.2) is 15.6 Å². The molecule has 0 aliphatic rings. The number of carbonyl (C=O) groups excluding carboxylic acids is 2. The van der Waals surface area contributed by atoms with Crippen molar-refractivity contribution in [3.63, 3.8) is 0 Å². The summed E-state index contributed by atoms with van der Waals surface area (Å²) in [6.45, 7) is 3.27. The Hall–Kier alpha value is -1.99. The Morgan fingerprint density at radius 3 is 2.09 bits per heavy atom. The van der Waals surface area contributed by atoms with E-state index in [0.29, 0.717) is 9.75 Å². The van der Waals surface area contributed by atoms with E-state index in [1.54, 1.807) is 24.3 Å². The van der Waals surface area contributed by atoms with Crippen LogP contribution in [0, 0.1) is 0 Å². The lowest BCUT2D eigenvalue weighted by molar-refractivity contribution is 0.0943. The van der Waals surface area contributed by atoms with Crippen LogP contribution in [0.2, 0.25) is 0 Å². The molecule has 1 aromatic carbocycles. The topological polar surface area (TPSA) is 80.3 Å². The zero-order valence-corrected chi connectivity index (χ0v) is 14.6. The molecule has 122 valence electrons. The number of hydrogen-bond donors (Lipinski definition) is 1. The van der Waals surface area contributed by atoms with Crippen molar-refractivity contribution in [3.05, 3.63) is 51.7 Å². The van der Waals surface area contributed by atoms with E-state index in [2.05, 4.69) is 5.32 Å². The normalized spacial score (nSPS) is 12.7. The minimum atomic E-state index is -3.23. The molecule has 1 unspecified atom stereocenters. The smallest absolute Gasteiger partial charge is 0.261 e. The third-order valence-corrected chi connectivity index (χ3v) is 5.65. The lowest BCUT2D eigenvalue weighted by Gasteiger charge is -2.14. The molecule has 2 rings (SSSR count). The maximum absolute atomic E-state index is 12.2. The summed E-state index contributed by atoms with van der Waals surface area (Å²) in [6, 6.07) is 9.37. The van der Waals surface area contributed by atoms with Crippen LogP contribution in [0.1, 0.15) is 44.8 Å². The Labute approximate surface area is 139 Å². The van der Waals surface area contributed by atoms with Gasteiger partial charge in [0.2, 0.25) is 0 Å². The van der Waals surface area contributed by atoms with Crippen LogP contribution in [0.3, 0.4) is 0 Å². The van der Waals surface area contributed by atoms with Crippen LogP contribution in [0.15, 0.2) is 41.3 Å². The van der Waals surface area contributed by atoms with Crippen molar-refractivity contribution in [2.24, 2.45) is 0 Å². The van der Waals surface area contributed by atoms with Crippen LogP contribution in [-0.2, 0) is 9.84 Å². The number of thiophene rings is 1. The van der Waals surface area contributed by atoms with E-state index < -0.39 is 9.84 Å². The summed E-state index contributed by atoms with van der Waals surface area (Å²) in [4.78, 5) is 24.7. The van der Waals surface area contributed by atoms with E-state index in [-0.39, 0.29) is 22.6 Å². The average Bonchev–Trinajstić information content (AvgIpc) is 2.96. The molecule has 0 aliphatic carbocycles. The second kappa shape index (κ2) is 6.64. The van der Waals surface area contributed by atoms with Gasteiger partial charge in [-0.15, -0.1) is 11.3 Å². The van der Waals surface area contributed by atoms with E-state index in [0.717, 1.165) is 23.2 Å². The molecule has 1 N–H and O–H groups in total. The number of rotatable bonds is 5. The summed E-state index contributed by atoms with van der Waals surface area (Å²) < 4.78 is 22.9. The quantitative estimate of drug-likeness (QED) is 0.840. The molecule has 0 aliphatic heterocycles. The highest BCUT2D eigenvalue weighted by Gasteiger charge is 2.15. The highest BCUT2D eigenvalue weighted by Crippen LogP contribution is 2.20. The van der Waals surface area contributed by atoms with Gasteiger partial charge in [-0.3, -0.25) is 9.59 Å². The molecule has 7 heteroatoms. The summed E-state index contributed by atoms with van der Waals surface area (Å²) in [6.07, 6.45) is 1.15. The van der Waals surface area contributed by atoms with Gasteiger partial charge < -0.3 is 5.32 Å². The van der Waals surface area contributed by atoms with Crippen LogP contribution < -0.4 is 5.32 Å². The first kappa shape index (κ1) is 17.4. The number of benzene rings is 1. The Kier molecular flexibility index (Phi) is 5.01. The van der Waals surface area contributed by atoms with Gasteiger partial charge in [0.1, 0.15) is 0 Å². The van der Waals surface area contributed by atoms with Crippen LogP contribution in [0.25, 0.3) is 0 Å². The van der Waals surface area contributed by atoms with Crippen molar-refractivity contribution in [1.82, 2.24) is 5.32 Å². The maximum atomic E-state index is 12.2. The molecule has 0 spiro atoms. The van der Waals surface area contributed by atoms with Gasteiger partial charge in [-0.25, -0.2) is 8.42 Å². The predicted octanol–water partition coefficient (Wildman–Crippen LogP) is 2.85. The van der Waals surface area contributed by atoms with Crippen molar-refractivity contribution >= 4 is 32.9 Å². The second-order valence-electron chi connectivity index (χ2n) is 5.26. The lowest BCUT2D eigenvalue weighted by Crippen LogP contribution is -2.25. The summed E-state index contributed by atoms with van der Waals surface area (Å²) in [5.41, 5.74) is 0.800. The first-order valence-electron chi connectivity index (χ1n) is 6.90. The summed E-state index contributed by atoms with van der Waals surface area (Å²) in [5, 5.41) is 2.83. The Bertz CT molecular complexity index is 835. The molecular formula is C16H17NO4S2. The van der Waals surface area contributed by atoms with Gasteiger partial charge >= 0.3 is 0 Å². The largest absolute Gasteiger partial charge is 0.345 e. The Morgan fingerprint density at radius 2 is 1.61 bits per heavy atom.